The molecular formula is C65H80N6O3. The molecule has 0 radical (unpaired) electrons. The normalized spacial score (nSPS) is 29.4. The Balaban J connectivity index is 1.33. The van der Waals surface area contributed by atoms with Gasteiger partial charge in [0.1, 0.15) is 0 Å². The van der Waals surface area contributed by atoms with Crippen molar-refractivity contribution in [3.63, 3.8) is 0 Å². The van der Waals surface area contributed by atoms with Gasteiger partial charge in [-0.3, -0.25) is 14.4 Å². The van der Waals surface area contributed by atoms with Crippen LogP contribution in [0.2, 0.25) is 0 Å². The first-order valence-corrected chi connectivity index (χ1v) is 28.0. The summed E-state index contributed by atoms with van der Waals surface area (Å²) in [7, 11) is 0. The number of piperidine rings is 2. The lowest BCUT2D eigenvalue weighted by Crippen LogP contribution is -2.66. The van der Waals surface area contributed by atoms with E-state index < -0.39 is 10.8 Å². The highest BCUT2D eigenvalue weighted by molar-refractivity contribution is 6.22. The van der Waals surface area contributed by atoms with Crippen LogP contribution in [0.25, 0.3) is 11.1 Å². The number of hydrogen-bond donors (Lipinski definition) is 6. The monoisotopic (exact) mass is 993 g/mol. The van der Waals surface area contributed by atoms with Gasteiger partial charge in [0.25, 0.3) is 0 Å². The van der Waals surface area contributed by atoms with E-state index in [-0.39, 0.29) is 64.9 Å². The van der Waals surface area contributed by atoms with Crippen LogP contribution in [0.15, 0.2) is 133 Å². The van der Waals surface area contributed by atoms with Gasteiger partial charge in [0, 0.05) is 73.6 Å². The molecule has 4 aromatic rings. The van der Waals surface area contributed by atoms with Crippen LogP contribution < -0.4 is 31.9 Å². The standard InChI is InChI=1S/C65H80N6O3/c1-41-17-13-25-51(43(41)3)53-33-57(49-23-15-27-66-37-49)64(45(5)59-39-68-29-31-70-59,35-55(53)61(72)47-19-9-7-10-20-47)63(74)65(46(6)60-40-69-30-32-71-60)36-56(62(73)48-21-11-8-12-22-48)54(52-26-14-18-42(2)44(52)4)34-58(65)50-24-16-28-67-38-50/h7-14,17-22,25-26,33-36,45-46,49-50,57-60,66-71H,15-16,23-24,27-32,37-40H2,1-6H3. The fourth-order valence-corrected chi connectivity index (χ4v) is 14.3. The highest BCUT2D eigenvalue weighted by Gasteiger charge is 2.64. The molecule has 0 amide bonds. The molecule has 6 aliphatic rings. The Morgan fingerprint density at radius 3 is 1.26 bits per heavy atom. The molecule has 4 heterocycles. The van der Waals surface area contributed by atoms with Crippen LogP contribution in [-0.4, -0.2) is 94.9 Å². The Bertz CT molecular complexity index is 2630. The third-order valence-electron chi connectivity index (χ3n) is 18.8. The van der Waals surface area contributed by atoms with Crippen molar-refractivity contribution in [2.75, 3.05) is 65.4 Å². The van der Waals surface area contributed by atoms with E-state index in [2.05, 4.69) is 134 Å². The average Bonchev–Trinajstić information content (AvgIpc) is 3.49. The van der Waals surface area contributed by atoms with E-state index in [1.54, 1.807) is 0 Å². The second kappa shape index (κ2) is 22.4. The van der Waals surface area contributed by atoms with Crippen molar-refractivity contribution in [2.24, 2.45) is 46.3 Å². The van der Waals surface area contributed by atoms with Crippen molar-refractivity contribution in [3.8, 4) is 0 Å². The molecule has 10 atom stereocenters. The average molecular weight is 993 g/mol. The van der Waals surface area contributed by atoms with E-state index in [1.165, 1.54) is 0 Å². The fourth-order valence-electron chi connectivity index (χ4n) is 14.3. The molecule has 74 heavy (non-hydrogen) atoms. The second-order valence-electron chi connectivity index (χ2n) is 22.7. The minimum Gasteiger partial charge on any atom is -0.316 e. The summed E-state index contributed by atoms with van der Waals surface area (Å²) in [5.41, 5.74) is 8.33. The van der Waals surface area contributed by atoms with Gasteiger partial charge < -0.3 is 31.9 Å². The predicted octanol–water partition coefficient (Wildman–Crippen LogP) is 9.20. The van der Waals surface area contributed by atoms with Crippen molar-refractivity contribution in [2.45, 2.75) is 79.3 Å². The molecule has 6 N–H and O–H groups in total. The first-order chi connectivity index (χ1) is 36.0. The summed E-state index contributed by atoms with van der Waals surface area (Å²) in [6.45, 7) is 21.2. The molecule has 0 saturated carbocycles. The van der Waals surface area contributed by atoms with Crippen LogP contribution in [0, 0.1) is 74.0 Å². The predicted molar refractivity (Wildman–Crippen MR) is 301 cm³/mol. The van der Waals surface area contributed by atoms with Gasteiger partial charge in [-0.15, -0.1) is 0 Å². The minimum absolute atomic E-state index is 0.0760. The van der Waals surface area contributed by atoms with Gasteiger partial charge in [-0.1, -0.05) is 135 Å². The van der Waals surface area contributed by atoms with Crippen LogP contribution in [-0.2, 0) is 4.79 Å². The van der Waals surface area contributed by atoms with E-state index in [9.17, 15) is 0 Å². The summed E-state index contributed by atoms with van der Waals surface area (Å²) in [5, 5.41) is 23.0. The van der Waals surface area contributed by atoms with E-state index in [0.717, 1.165) is 123 Å². The maximum absolute atomic E-state index is 18.7. The zero-order valence-electron chi connectivity index (χ0n) is 44.8. The summed E-state index contributed by atoms with van der Waals surface area (Å²) < 4.78 is 0. The van der Waals surface area contributed by atoms with Crippen LogP contribution in [0.5, 0.6) is 0 Å². The largest absolute Gasteiger partial charge is 0.316 e. The molecule has 388 valence electrons. The lowest BCUT2D eigenvalue weighted by molar-refractivity contribution is -0.149. The molecule has 9 nitrogen and oxygen atoms in total. The van der Waals surface area contributed by atoms with Crippen LogP contribution >= 0.6 is 0 Å². The summed E-state index contributed by atoms with van der Waals surface area (Å²) >= 11 is 0. The number of carbonyl (C=O) groups is 3. The number of benzene rings is 4. The molecule has 2 aliphatic carbocycles. The number of nitrogens with one attached hydrogen (secondary N) is 6. The van der Waals surface area contributed by atoms with Gasteiger partial charge in [-0.2, -0.15) is 0 Å². The minimum atomic E-state index is -1.24. The summed E-state index contributed by atoms with van der Waals surface area (Å²) in [5.74, 6) is -1.07. The van der Waals surface area contributed by atoms with Crippen molar-refractivity contribution in [3.05, 3.63) is 177 Å². The van der Waals surface area contributed by atoms with E-state index in [4.69, 9.17) is 0 Å². The Morgan fingerprint density at radius 1 is 0.486 bits per heavy atom. The van der Waals surface area contributed by atoms with Gasteiger partial charge in [0.2, 0.25) is 0 Å². The number of ketones is 3. The highest BCUT2D eigenvalue weighted by Crippen LogP contribution is 2.61. The Kier molecular flexibility index (Phi) is 15.8. The maximum atomic E-state index is 18.7. The van der Waals surface area contributed by atoms with Gasteiger partial charge in [-0.25, -0.2) is 0 Å². The van der Waals surface area contributed by atoms with Gasteiger partial charge >= 0.3 is 0 Å². The Labute approximate surface area is 441 Å². The molecule has 4 fully saturated rings. The molecule has 0 aromatic heterocycles. The quantitative estimate of drug-likeness (QED) is 0.0687. The lowest BCUT2D eigenvalue weighted by Gasteiger charge is -2.58. The number of piperazine rings is 2. The first-order valence-electron chi connectivity index (χ1n) is 28.0. The summed E-state index contributed by atoms with van der Waals surface area (Å²) in [6, 6.07) is 32.0. The Hall–Kier alpha value is -5.39. The summed E-state index contributed by atoms with van der Waals surface area (Å²) in [4.78, 5) is 50.6. The van der Waals surface area contributed by atoms with Gasteiger partial charge in [0.15, 0.2) is 17.3 Å². The molecule has 10 unspecified atom stereocenters. The number of carbonyl (C=O) groups excluding carboxylic acids is 3. The van der Waals surface area contributed by atoms with Crippen molar-refractivity contribution in [1.29, 1.82) is 0 Å². The van der Waals surface area contributed by atoms with E-state index in [0.29, 0.717) is 35.4 Å². The van der Waals surface area contributed by atoms with E-state index in [1.807, 2.05) is 60.7 Å². The molecule has 4 aromatic carbocycles. The highest BCUT2D eigenvalue weighted by atomic mass is 16.1. The van der Waals surface area contributed by atoms with E-state index >= 15 is 14.4 Å². The number of hydrogen-bond acceptors (Lipinski definition) is 9. The topological polar surface area (TPSA) is 123 Å². The number of allylic oxidation sites excluding steroid dienone is 8. The summed E-state index contributed by atoms with van der Waals surface area (Å²) in [6.07, 6.45) is 13.2. The fraction of sp³-hybridized carbons (Fsp3) is 0.462. The molecule has 0 bridgehead atoms. The molecule has 10 rings (SSSR count). The number of rotatable bonds is 14. The molecule has 9 heteroatoms. The second-order valence-corrected chi connectivity index (χ2v) is 22.7. The molecular weight excluding hydrogens is 913 g/mol. The van der Waals surface area contributed by atoms with Crippen molar-refractivity contribution in [1.82, 2.24) is 31.9 Å². The van der Waals surface area contributed by atoms with Gasteiger partial charge in [0.05, 0.1) is 10.8 Å². The zero-order chi connectivity index (χ0) is 51.6. The third kappa shape index (κ3) is 9.62. The van der Waals surface area contributed by atoms with Crippen molar-refractivity contribution < 1.29 is 14.4 Å². The number of Topliss-reactive ketones (excluding diaryl/α,β-unsaturated/α-hetero) is 3. The molecule has 4 saturated heterocycles. The Morgan fingerprint density at radius 2 is 0.892 bits per heavy atom. The number of aryl methyl sites for hydroxylation is 2. The van der Waals surface area contributed by atoms with Crippen LogP contribution in [0.3, 0.4) is 0 Å². The molecule has 0 spiro atoms. The first kappa shape index (κ1) is 52.1. The third-order valence-corrected chi connectivity index (χ3v) is 18.8. The molecule has 4 aliphatic heterocycles. The SMILES string of the molecule is Cc1cccc(C2=CC(C3CCCNC3)C(C(=O)C3(C(C)C4CNCCN4)C=C(C(=O)c4ccccc4)C(c4cccc(C)c4C)=CC3C3CCCNC3)(C(C)C3CNCCN3)C=C2C(=O)c2ccccc2)c1C. The smallest absolute Gasteiger partial charge is 0.193 e. The zero-order valence-corrected chi connectivity index (χ0v) is 44.8. The maximum Gasteiger partial charge on any atom is 0.193 e. The van der Waals surface area contributed by atoms with Crippen LogP contribution in [0.4, 0.5) is 0 Å². The lowest BCUT2D eigenvalue weighted by atomic mass is 9.45. The van der Waals surface area contributed by atoms with Gasteiger partial charge in [-0.05, 0) is 160 Å². The van der Waals surface area contributed by atoms with Crippen LogP contribution in [0.1, 0.15) is 93.6 Å². The van der Waals surface area contributed by atoms with Crippen molar-refractivity contribution >= 4 is 28.5 Å².